The van der Waals surface area contributed by atoms with Gasteiger partial charge in [0.05, 0.1) is 5.56 Å². The van der Waals surface area contributed by atoms with Crippen LogP contribution >= 0.6 is 0 Å². The minimum atomic E-state index is -0.317. The molecule has 2 aromatic carbocycles. The van der Waals surface area contributed by atoms with Gasteiger partial charge in [0, 0.05) is 64.3 Å². The fourth-order valence-corrected chi connectivity index (χ4v) is 3.40. The number of allylic oxidation sites excluding steroid dienone is 1. The Morgan fingerprint density at radius 3 is 2.55 bits per heavy atom. The third-order valence-electron chi connectivity index (χ3n) is 5.10. The van der Waals surface area contributed by atoms with Crippen LogP contribution < -0.4 is 4.90 Å². The van der Waals surface area contributed by atoms with E-state index in [9.17, 15) is 14.7 Å². The molecule has 0 radical (unpaired) electrons. The Bertz CT molecular complexity index is 928. The maximum Gasteiger partial charge on any atom is 0.410 e. The van der Waals surface area contributed by atoms with Crippen LogP contribution in [0.25, 0.3) is 0 Å². The van der Waals surface area contributed by atoms with Crippen LogP contribution in [0.1, 0.15) is 22.3 Å². The van der Waals surface area contributed by atoms with Crippen molar-refractivity contribution in [1.29, 1.82) is 0 Å². The fraction of sp³-hybridized carbons (Fsp3) is 0.333. The molecule has 31 heavy (non-hydrogen) atoms. The monoisotopic (exact) mass is 423 g/mol. The second-order valence-corrected chi connectivity index (χ2v) is 7.71. The lowest BCUT2D eigenvalue weighted by Gasteiger charge is -2.24. The summed E-state index contributed by atoms with van der Waals surface area (Å²) in [4.78, 5) is 30.3. The third-order valence-corrected chi connectivity index (χ3v) is 5.10. The van der Waals surface area contributed by atoms with Gasteiger partial charge in [-0.05, 0) is 24.1 Å². The van der Waals surface area contributed by atoms with Gasteiger partial charge in [-0.2, -0.15) is 0 Å². The van der Waals surface area contributed by atoms with Gasteiger partial charge >= 0.3 is 6.09 Å². The molecule has 1 saturated heterocycles. The predicted octanol–water partition coefficient (Wildman–Crippen LogP) is 3.50. The number of anilines is 1. The first-order valence-corrected chi connectivity index (χ1v) is 10.4. The van der Waals surface area contributed by atoms with Crippen molar-refractivity contribution in [2.24, 2.45) is 0 Å². The van der Waals surface area contributed by atoms with E-state index in [1.807, 2.05) is 50.5 Å². The number of amides is 1. The molecule has 1 heterocycles. The highest BCUT2D eigenvalue weighted by molar-refractivity contribution is 6.06. The van der Waals surface area contributed by atoms with Gasteiger partial charge in [-0.3, -0.25) is 4.79 Å². The summed E-state index contributed by atoms with van der Waals surface area (Å²) >= 11 is 0. The number of ether oxygens (including phenoxy) is 1. The van der Waals surface area contributed by atoms with Crippen LogP contribution in [0, 0.1) is 0 Å². The first kappa shape index (κ1) is 22.2. The van der Waals surface area contributed by atoms with Gasteiger partial charge in [0.2, 0.25) is 0 Å². The Hall–Kier alpha value is -3.48. The number of hydrogen-bond acceptors (Lipinski definition) is 6. The predicted molar refractivity (Wildman–Crippen MR) is 120 cm³/mol. The van der Waals surface area contributed by atoms with Gasteiger partial charge in [0.25, 0.3) is 0 Å². The summed E-state index contributed by atoms with van der Waals surface area (Å²) in [6, 6.07) is 14.7. The van der Waals surface area contributed by atoms with Crippen molar-refractivity contribution >= 4 is 17.6 Å². The zero-order valence-corrected chi connectivity index (χ0v) is 18.0. The minimum Gasteiger partial charge on any atom is -0.507 e. The van der Waals surface area contributed by atoms with Crippen molar-refractivity contribution in [2.45, 2.75) is 13.0 Å². The highest BCUT2D eigenvalue weighted by atomic mass is 16.6. The average Bonchev–Trinajstić information content (AvgIpc) is 3.03. The topological polar surface area (TPSA) is 73.3 Å². The van der Waals surface area contributed by atoms with Crippen LogP contribution in [-0.4, -0.2) is 67.1 Å². The number of benzene rings is 2. The third kappa shape index (κ3) is 6.25. The number of phenols is 1. The number of aromatic hydroxyl groups is 1. The molecule has 0 aliphatic carbocycles. The van der Waals surface area contributed by atoms with Gasteiger partial charge in [0.1, 0.15) is 12.4 Å². The summed E-state index contributed by atoms with van der Waals surface area (Å²) in [5, 5.41) is 10.4. The lowest BCUT2D eigenvalue weighted by atomic mass is 10.1. The SMILES string of the molecule is CN(C)/C=C/C(=O)c1ccc(N2CCCN(C(=O)OCc3ccccc3)CC2)cc1O. The van der Waals surface area contributed by atoms with E-state index in [4.69, 9.17) is 4.74 Å². The second kappa shape index (κ2) is 10.5. The standard InChI is InChI=1S/C24H29N3O4/c1-25(2)14-11-22(28)21-10-9-20(17-23(21)29)26-12-6-13-27(16-15-26)24(30)31-18-19-7-4-3-5-8-19/h3-5,7-11,14,17,29H,6,12-13,15-16,18H2,1-2H3/b14-11+. The Morgan fingerprint density at radius 1 is 1.06 bits per heavy atom. The molecule has 3 rings (SSSR count). The van der Waals surface area contributed by atoms with Gasteiger partial charge < -0.3 is 24.5 Å². The maximum absolute atomic E-state index is 12.4. The zero-order valence-electron chi connectivity index (χ0n) is 18.0. The molecule has 1 aliphatic rings. The van der Waals surface area contributed by atoms with E-state index in [2.05, 4.69) is 4.90 Å². The number of carbonyl (C=O) groups is 2. The number of nitrogens with zero attached hydrogens (tertiary/aromatic N) is 3. The molecule has 7 nitrogen and oxygen atoms in total. The number of hydrogen-bond donors (Lipinski definition) is 1. The highest BCUT2D eigenvalue weighted by Gasteiger charge is 2.21. The molecule has 0 atom stereocenters. The second-order valence-electron chi connectivity index (χ2n) is 7.71. The Labute approximate surface area is 183 Å². The molecular weight excluding hydrogens is 394 g/mol. The number of ketones is 1. The molecule has 1 amide bonds. The fourth-order valence-electron chi connectivity index (χ4n) is 3.40. The number of phenolic OH excluding ortho intramolecular Hbond substituents is 1. The zero-order chi connectivity index (χ0) is 22.2. The largest absolute Gasteiger partial charge is 0.507 e. The number of rotatable bonds is 6. The maximum atomic E-state index is 12.4. The van der Waals surface area contributed by atoms with Crippen LogP contribution in [0.4, 0.5) is 10.5 Å². The van der Waals surface area contributed by atoms with E-state index in [0.29, 0.717) is 19.6 Å². The molecule has 0 bridgehead atoms. The van der Waals surface area contributed by atoms with E-state index in [-0.39, 0.29) is 29.8 Å². The lowest BCUT2D eigenvalue weighted by Crippen LogP contribution is -2.35. The molecule has 1 fully saturated rings. The van der Waals surface area contributed by atoms with Crippen molar-refractivity contribution in [3.63, 3.8) is 0 Å². The van der Waals surface area contributed by atoms with Crippen molar-refractivity contribution in [1.82, 2.24) is 9.80 Å². The summed E-state index contributed by atoms with van der Waals surface area (Å²) in [7, 11) is 3.65. The van der Waals surface area contributed by atoms with Crippen molar-refractivity contribution in [2.75, 3.05) is 45.2 Å². The van der Waals surface area contributed by atoms with Crippen LogP contribution in [-0.2, 0) is 11.3 Å². The summed E-state index contributed by atoms with van der Waals surface area (Å²) in [5.74, 6) is -0.296. The first-order chi connectivity index (χ1) is 14.9. The lowest BCUT2D eigenvalue weighted by molar-refractivity contribution is 0.0985. The van der Waals surface area contributed by atoms with Gasteiger partial charge in [-0.25, -0.2) is 4.79 Å². The molecule has 0 unspecified atom stereocenters. The van der Waals surface area contributed by atoms with Crippen molar-refractivity contribution in [3.05, 3.63) is 71.9 Å². The molecule has 0 spiro atoms. The Kier molecular flexibility index (Phi) is 7.54. The average molecular weight is 424 g/mol. The van der Waals surface area contributed by atoms with E-state index in [1.165, 1.54) is 6.08 Å². The van der Waals surface area contributed by atoms with Crippen LogP contribution in [0.15, 0.2) is 60.8 Å². The highest BCUT2D eigenvalue weighted by Crippen LogP contribution is 2.26. The first-order valence-electron chi connectivity index (χ1n) is 10.4. The van der Waals surface area contributed by atoms with E-state index >= 15 is 0 Å². The molecule has 7 heteroatoms. The van der Waals surface area contributed by atoms with Gasteiger partial charge in [0.15, 0.2) is 5.78 Å². The quantitative estimate of drug-likeness (QED) is 0.566. The Morgan fingerprint density at radius 2 is 1.84 bits per heavy atom. The van der Waals surface area contributed by atoms with Crippen LogP contribution in [0.2, 0.25) is 0 Å². The van der Waals surface area contributed by atoms with E-state index in [1.54, 1.807) is 28.1 Å². The van der Waals surface area contributed by atoms with Crippen LogP contribution in [0.5, 0.6) is 5.75 Å². The summed E-state index contributed by atoms with van der Waals surface area (Å²) < 4.78 is 5.45. The Balaban J connectivity index is 1.58. The molecule has 2 aromatic rings. The smallest absolute Gasteiger partial charge is 0.410 e. The summed E-state index contributed by atoms with van der Waals surface area (Å²) in [5.41, 5.74) is 2.05. The summed E-state index contributed by atoms with van der Waals surface area (Å²) in [6.07, 6.45) is 3.55. The van der Waals surface area contributed by atoms with E-state index in [0.717, 1.165) is 24.2 Å². The molecule has 0 saturated carbocycles. The van der Waals surface area contributed by atoms with E-state index < -0.39 is 0 Å². The van der Waals surface area contributed by atoms with Gasteiger partial charge in [-0.15, -0.1) is 0 Å². The van der Waals surface area contributed by atoms with Crippen LogP contribution in [0.3, 0.4) is 0 Å². The molecule has 164 valence electrons. The summed E-state index contributed by atoms with van der Waals surface area (Å²) in [6.45, 7) is 2.76. The number of carbonyl (C=O) groups excluding carboxylic acids is 2. The van der Waals surface area contributed by atoms with Crippen molar-refractivity contribution in [3.8, 4) is 5.75 Å². The molecule has 1 N–H and O–H groups in total. The molecular formula is C24H29N3O4. The normalized spacial score (nSPS) is 14.4. The molecule has 0 aromatic heterocycles. The minimum absolute atomic E-state index is 0.0470. The molecule has 1 aliphatic heterocycles. The van der Waals surface area contributed by atoms with Gasteiger partial charge in [-0.1, -0.05) is 30.3 Å². The van der Waals surface area contributed by atoms with Crippen molar-refractivity contribution < 1.29 is 19.4 Å².